The number of hydrogen-bond acceptors (Lipinski definition) is 11. The highest BCUT2D eigenvalue weighted by molar-refractivity contribution is 6.30. The molecule has 0 bridgehead atoms. The lowest BCUT2D eigenvalue weighted by atomic mass is 9.98. The number of rotatable bonds is 16. The summed E-state index contributed by atoms with van der Waals surface area (Å²) in [5.74, 6) is -1.68. The van der Waals surface area contributed by atoms with Gasteiger partial charge < -0.3 is 20.1 Å². The van der Waals surface area contributed by atoms with E-state index in [1.54, 1.807) is 7.11 Å². The molecule has 3 aliphatic rings. The van der Waals surface area contributed by atoms with Gasteiger partial charge in [-0.25, -0.2) is 0 Å². The summed E-state index contributed by atoms with van der Waals surface area (Å²) in [4.78, 5) is 82.5. The minimum Gasteiger partial charge on any atom is -0.497 e. The van der Waals surface area contributed by atoms with Gasteiger partial charge in [0.25, 0.3) is 17.7 Å². The van der Waals surface area contributed by atoms with Crippen LogP contribution in [0.25, 0.3) is 5.69 Å². The number of aromatic nitrogens is 3. The van der Waals surface area contributed by atoms with E-state index in [-0.39, 0.29) is 42.2 Å². The van der Waals surface area contributed by atoms with Gasteiger partial charge in [0.1, 0.15) is 29.4 Å². The number of benzene rings is 3. The molecule has 312 valence electrons. The summed E-state index contributed by atoms with van der Waals surface area (Å²) >= 11 is 6.23. The number of imide groups is 2. The quantitative estimate of drug-likeness (QED) is 0.107. The molecule has 1 aromatic heterocycles. The van der Waals surface area contributed by atoms with Crippen molar-refractivity contribution in [2.45, 2.75) is 70.9 Å². The Morgan fingerprint density at radius 3 is 2.38 bits per heavy atom. The second-order valence-electron chi connectivity index (χ2n) is 14.9. The molecule has 0 spiro atoms. The number of carbonyl (C=O) groups excluding carboxylic acids is 6. The third-order valence-corrected chi connectivity index (χ3v) is 11.1. The predicted molar refractivity (Wildman–Crippen MR) is 219 cm³/mol. The van der Waals surface area contributed by atoms with E-state index in [9.17, 15) is 28.8 Å². The average molecular weight is 837 g/mol. The van der Waals surface area contributed by atoms with Crippen LogP contribution >= 0.6 is 11.6 Å². The van der Waals surface area contributed by atoms with Crippen molar-refractivity contribution in [2.24, 2.45) is 10.9 Å². The van der Waals surface area contributed by atoms with Crippen LogP contribution in [0.5, 0.6) is 11.5 Å². The third kappa shape index (κ3) is 8.64. The average Bonchev–Trinajstić information content (AvgIpc) is 3.69. The molecule has 1 fully saturated rings. The first-order valence-electron chi connectivity index (χ1n) is 19.9. The molecule has 4 aromatic rings. The molecule has 1 saturated heterocycles. The fourth-order valence-corrected chi connectivity index (χ4v) is 7.78. The number of amides is 6. The number of methoxy groups -OCH3 is 1. The largest absolute Gasteiger partial charge is 0.497 e. The Balaban J connectivity index is 0.855. The van der Waals surface area contributed by atoms with Gasteiger partial charge in [0.15, 0.2) is 12.4 Å². The van der Waals surface area contributed by atoms with Gasteiger partial charge >= 0.3 is 0 Å². The van der Waals surface area contributed by atoms with E-state index in [4.69, 9.17) is 26.1 Å². The Labute approximate surface area is 351 Å². The van der Waals surface area contributed by atoms with Gasteiger partial charge in [0, 0.05) is 35.7 Å². The number of piperidine rings is 1. The number of fused-ring (bicyclic) bond motifs is 4. The molecule has 0 radical (unpaired) electrons. The highest BCUT2D eigenvalue weighted by Crippen LogP contribution is 2.37. The number of unbranched alkanes of at least 4 members (excludes halogenated alkanes) is 4. The summed E-state index contributed by atoms with van der Waals surface area (Å²) in [6, 6.07) is 15.9. The van der Waals surface area contributed by atoms with Crippen molar-refractivity contribution < 1.29 is 38.2 Å². The molecule has 3 N–H and O–H groups in total. The molecular formula is C43H45ClN8O8. The van der Waals surface area contributed by atoms with Crippen LogP contribution in [0.2, 0.25) is 5.02 Å². The monoisotopic (exact) mass is 836 g/mol. The smallest absolute Gasteiger partial charge is 0.266 e. The first-order valence-corrected chi connectivity index (χ1v) is 20.3. The molecule has 6 amide bonds. The number of ether oxygens (including phenoxy) is 2. The first-order chi connectivity index (χ1) is 29.0. The number of carbonyl (C=O) groups is 6. The number of aryl methyl sites for hydroxylation is 1. The van der Waals surface area contributed by atoms with Gasteiger partial charge in [-0.1, -0.05) is 56.0 Å². The van der Waals surface area contributed by atoms with Crippen LogP contribution in [0.4, 0.5) is 0 Å². The van der Waals surface area contributed by atoms with Crippen LogP contribution in [-0.2, 0) is 19.2 Å². The maximum atomic E-state index is 13.6. The first kappa shape index (κ1) is 41.7. The Kier molecular flexibility index (Phi) is 12.7. The van der Waals surface area contributed by atoms with Gasteiger partial charge in [-0.3, -0.25) is 48.5 Å². The van der Waals surface area contributed by atoms with Crippen LogP contribution in [0.15, 0.2) is 65.7 Å². The standard InChI is InChI=1S/C43H45ClN8O8/c1-24(37-39-50-49-25(2)51(39)31-17-16-28(59-3)22-30(31)38(48-37)26-12-14-27(44)15-13-26)40(55)46-21-8-6-4-5-7-20-45-35(54)23-60-33-11-9-10-29-36(33)43(58)52(42(29)57)32-18-19-34(53)47-41(32)56/h9-17,22,24,32,37H,4-8,18-21,23H2,1-3H3,(H,45,54)(H,46,55)(H,47,53,56)/t24-,32?,37+/m1/s1. The zero-order chi connectivity index (χ0) is 42.5. The normalized spacial score (nSPS) is 17.5. The Hall–Kier alpha value is -6.42. The summed E-state index contributed by atoms with van der Waals surface area (Å²) in [7, 11) is 1.61. The fourth-order valence-electron chi connectivity index (χ4n) is 7.66. The lowest BCUT2D eigenvalue weighted by Gasteiger charge is -2.27. The van der Waals surface area contributed by atoms with E-state index in [1.165, 1.54) is 18.2 Å². The van der Waals surface area contributed by atoms with Gasteiger partial charge in [0.2, 0.25) is 17.7 Å². The van der Waals surface area contributed by atoms with E-state index in [0.29, 0.717) is 41.2 Å². The summed E-state index contributed by atoms with van der Waals surface area (Å²) in [6.07, 6.45) is 4.18. The number of nitrogens with one attached hydrogen (secondary N) is 3. The number of halogens is 1. The van der Waals surface area contributed by atoms with Gasteiger partial charge in [-0.15, -0.1) is 10.2 Å². The van der Waals surface area contributed by atoms with Crippen molar-refractivity contribution in [1.82, 2.24) is 35.6 Å². The summed E-state index contributed by atoms with van der Waals surface area (Å²) in [6.45, 7) is 4.25. The van der Waals surface area contributed by atoms with Crippen molar-refractivity contribution in [3.05, 3.63) is 99.6 Å². The molecule has 3 aliphatic heterocycles. The van der Waals surface area contributed by atoms with Crippen LogP contribution in [0.1, 0.15) is 101 Å². The lowest BCUT2D eigenvalue weighted by Crippen LogP contribution is -2.54. The van der Waals surface area contributed by atoms with Crippen LogP contribution < -0.4 is 25.4 Å². The highest BCUT2D eigenvalue weighted by atomic mass is 35.5. The second-order valence-corrected chi connectivity index (χ2v) is 15.3. The van der Waals surface area contributed by atoms with Crippen LogP contribution in [0, 0.1) is 12.8 Å². The second kappa shape index (κ2) is 18.2. The molecule has 16 nitrogen and oxygen atoms in total. The van der Waals surface area contributed by atoms with Crippen LogP contribution in [-0.4, -0.2) is 93.7 Å². The number of hydrogen-bond donors (Lipinski definition) is 3. The topological polar surface area (TPSA) is 203 Å². The predicted octanol–water partition coefficient (Wildman–Crippen LogP) is 4.43. The van der Waals surface area contributed by atoms with E-state index in [1.807, 2.05) is 60.9 Å². The van der Waals surface area contributed by atoms with Crippen molar-refractivity contribution in [3.63, 3.8) is 0 Å². The summed E-state index contributed by atoms with van der Waals surface area (Å²) in [5, 5.41) is 17.5. The molecule has 60 heavy (non-hydrogen) atoms. The lowest BCUT2D eigenvalue weighted by molar-refractivity contribution is -0.136. The zero-order valence-electron chi connectivity index (χ0n) is 33.5. The summed E-state index contributed by atoms with van der Waals surface area (Å²) in [5.41, 5.74) is 3.23. The number of aliphatic imine (C=N–C) groups is 1. The van der Waals surface area contributed by atoms with Crippen molar-refractivity contribution in [2.75, 3.05) is 26.8 Å². The van der Waals surface area contributed by atoms with Crippen molar-refractivity contribution in [3.8, 4) is 17.2 Å². The summed E-state index contributed by atoms with van der Waals surface area (Å²) < 4.78 is 13.2. The van der Waals surface area contributed by atoms with Crippen molar-refractivity contribution in [1.29, 1.82) is 0 Å². The zero-order valence-corrected chi connectivity index (χ0v) is 34.2. The molecule has 0 aliphatic carbocycles. The molecule has 3 aromatic carbocycles. The fraction of sp³-hybridized carbons (Fsp3) is 0.372. The van der Waals surface area contributed by atoms with E-state index in [0.717, 1.165) is 53.8 Å². The molecule has 7 rings (SSSR count). The Morgan fingerprint density at radius 2 is 1.65 bits per heavy atom. The number of nitrogens with zero attached hydrogens (tertiary/aromatic N) is 5. The molecule has 17 heteroatoms. The molecule has 0 saturated carbocycles. The molecule has 3 atom stereocenters. The Morgan fingerprint density at radius 1 is 0.917 bits per heavy atom. The minimum atomic E-state index is -1.10. The molecule has 1 unspecified atom stereocenters. The third-order valence-electron chi connectivity index (χ3n) is 10.9. The Bertz CT molecular complexity index is 2380. The van der Waals surface area contributed by atoms with Crippen LogP contribution in [0.3, 0.4) is 0 Å². The highest BCUT2D eigenvalue weighted by Gasteiger charge is 2.46. The van der Waals surface area contributed by atoms with Gasteiger partial charge in [-0.05, 0) is 68.7 Å². The minimum absolute atomic E-state index is 0.0102. The van der Waals surface area contributed by atoms with E-state index in [2.05, 4.69) is 26.1 Å². The van der Waals surface area contributed by atoms with Gasteiger partial charge in [0.05, 0.1) is 35.6 Å². The maximum Gasteiger partial charge on any atom is 0.266 e. The van der Waals surface area contributed by atoms with Crippen molar-refractivity contribution >= 4 is 52.8 Å². The van der Waals surface area contributed by atoms with Gasteiger partial charge in [-0.2, -0.15) is 0 Å². The maximum absolute atomic E-state index is 13.6. The van der Waals surface area contributed by atoms with E-state index < -0.39 is 47.5 Å². The molecule has 4 heterocycles. The van der Waals surface area contributed by atoms with E-state index >= 15 is 0 Å². The SMILES string of the molecule is COc1ccc2c(c1)C(c1ccc(Cl)cc1)=N[C@@H]([C@@H](C)C(=O)NCCCCCCCNC(=O)COc1cccc3c1C(=O)N(C1CCC(=O)NC1=O)C3=O)c1nnc(C)n1-2. The molecular weight excluding hydrogens is 792 g/mol.